The van der Waals surface area contributed by atoms with Crippen molar-refractivity contribution in [2.75, 3.05) is 6.54 Å². The lowest BCUT2D eigenvalue weighted by Crippen LogP contribution is -2.44. The maximum absolute atomic E-state index is 11.7. The molecule has 94 valence electrons. The van der Waals surface area contributed by atoms with Gasteiger partial charge in [0.1, 0.15) is 5.75 Å². The predicted octanol–water partition coefficient (Wildman–Crippen LogP) is 1.68. The molecule has 0 aliphatic carbocycles. The summed E-state index contributed by atoms with van der Waals surface area (Å²) >= 11 is 3.36. The van der Waals surface area contributed by atoms with Crippen LogP contribution in [0.3, 0.4) is 0 Å². The van der Waals surface area contributed by atoms with Crippen molar-refractivity contribution in [1.82, 2.24) is 5.32 Å². The second-order valence-electron chi connectivity index (χ2n) is 3.84. The number of amides is 1. The van der Waals surface area contributed by atoms with Crippen LogP contribution in [-0.4, -0.2) is 24.6 Å². The molecule has 4 nitrogen and oxygen atoms in total. The van der Waals surface area contributed by atoms with Crippen LogP contribution in [0.15, 0.2) is 28.7 Å². The molecule has 5 heteroatoms. The van der Waals surface area contributed by atoms with Crippen LogP contribution < -0.4 is 15.8 Å². The van der Waals surface area contributed by atoms with Crippen molar-refractivity contribution in [3.05, 3.63) is 28.7 Å². The van der Waals surface area contributed by atoms with E-state index in [4.69, 9.17) is 10.5 Å². The molecule has 1 aromatic carbocycles. The highest BCUT2D eigenvalue weighted by Crippen LogP contribution is 2.24. The van der Waals surface area contributed by atoms with Crippen molar-refractivity contribution in [2.24, 2.45) is 5.73 Å². The van der Waals surface area contributed by atoms with Crippen LogP contribution >= 0.6 is 15.9 Å². The van der Waals surface area contributed by atoms with Gasteiger partial charge in [-0.3, -0.25) is 4.79 Å². The topological polar surface area (TPSA) is 64.3 Å². The Bertz CT molecular complexity index is 385. The van der Waals surface area contributed by atoms with Gasteiger partial charge in [-0.2, -0.15) is 0 Å². The van der Waals surface area contributed by atoms with E-state index in [2.05, 4.69) is 21.2 Å². The Morgan fingerprint density at radius 3 is 2.71 bits per heavy atom. The maximum atomic E-state index is 11.7. The average molecular weight is 301 g/mol. The molecule has 1 rings (SSSR count). The molecule has 0 aliphatic rings. The van der Waals surface area contributed by atoms with E-state index >= 15 is 0 Å². The minimum atomic E-state index is -0.553. The molecular weight excluding hydrogens is 284 g/mol. The Balaban J connectivity index is 2.57. The third-order valence-electron chi connectivity index (χ3n) is 2.25. The van der Waals surface area contributed by atoms with E-state index in [-0.39, 0.29) is 11.9 Å². The molecule has 3 N–H and O–H groups in total. The number of carbonyl (C=O) groups excluding carboxylic acids is 1. The van der Waals surface area contributed by atoms with Gasteiger partial charge in [-0.15, -0.1) is 0 Å². The molecule has 0 aliphatic heterocycles. The normalized spacial score (nSPS) is 13.9. The summed E-state index contributed by atoms with van der Waals surface area (Å²) in [5.74, 6) is 0.481. The number of ether oxygens (including phenoxy) is 1. The molecule has 0 aromatic heterocycles. The second kappa shape index (κ2) is 6.61. The molecule has 0 heterocycles. The third-order valence-corrected chi connectivity index (χ3v) is 2.91. The molecule has 0 saturated carbocycles. The highest BCUT2D eigenvalue weighted by Gasteiger charge is 2.16. The smallest absolute Gasteiger partial charge is 0.261 e. The first-order valence-electron chi connectivity index (χ1n) is 5.46. The number of nitrogens with one attached hydrogen (secondary N) is 1. The second-order valence-corrected chi connectivity index (χ2v) is 4.69. The van der Waals surface area contributed by atoms with E-state index < -0.39 is 6.10 Å². The SMILES string of the molecule is CC(Oc1ccccc1Br)C(=O)N[C@@H](C)CN. The van der Waals surface area contributed by atoms with Gasteiger partial charge in [0, 0.05) is 12.6 Å². The van der Waals surface area contributed by atoms with Crippen molar-refractivity contribution in [1.29, 1.82) is 0 Å². The van der Waals surface area contributed by atoms with Crippen LogP contribution in [0.1, 0.15) is 13.8 Å². The molecular formula is C12H17BrN2O2. The zero-order chi connectivity index (χ0) is 12.8. The molecule has 17 heavy (non-hydrogen) atoms. The molecule has 0 saturated heterocycles. The Hall–Kier alpha value is -1.07. The van der Waals surface area contributed by atoms with Gasteiger partial charge in [0.25, 0.3) is 5.91 Å². The van der Waals surface area contributed by atoms with Gasteiger partial charge >= 0.3 is 0 Å². The lowest BCUT2D eigenvalue weighted by Gasteiger charge is -2.18. The average Bonchev–Trinajstić information content (AvgIpc) is 2.31. The van der Waals surface area contributed by atoms with Gasteiger partial charge < -0.3 is 15.8 Å². The van der Waals surface area contributed by atoms with Crippen molar-refractivity contribution in [2.45, 2.75) is 26.0 Å². The number of rotatable bonds is 5. The zero-order valence-corrected chi connectivity index (χ0v) is 11.5. The van der Waals surface area contributed by atoms with E-state index in [1.807, 2.05) is 25.1 Å². The number of benzene rings is 1. The Labute approximate surface area is 110 Å². The number of para-hydroxylation sites is 1. The number of hydrogen-bond acceptors (Lipinski definition) is 3. The van der Waals surface area contributed by atoms with E-state index in [0.717, 1.165) is 4.47 Å². The summed E-state index contributed by atoms with van der Waals surface area (Å²) in [5, 5.41) is 2.76. The van der Waals surface area contributed by atoms with Gasteiger partial charge in [0.05, 0.1) is 4.47 Å². The molecule has 1 amide bonds. The van der Waals surface area contributed by atoms with Crippen LogP contribution in [0.25, 0.3) is 0 Å². The summed E-state index contributed by atoms with van der Waals surface area (Å²) < 4.78 is 6.38. The fourth-order valence-electron chi connectivity index (χ4n) is 1.20. The minimum Gasteiger partial charge on any atom is -0.480 e. The van der Waals surface area contributed by atoms with E-state index in [1.54, 1.807) is 13.0 Å². The molecule has 0 fully saturated rings. The quantitative estimate of drug-likeness (QED) is 0.869. The predicted molar refractivity (Wildman–Crippen MR) is 70.9 cm³/mol. The van der Waals surface area contributed by atoms with Gasteiger partial charge in [-0.1, -0.05) is 12.1 Å². The summed E-state index contributed by atoms with van der Waals surface area (Å²) in [6.07, 6.45) is -0.553. The fourth-order valence-corrected chi connectivity index (χ4v) is 1.58. The fraction of sp³-hybridized carbons (Fsp3) is 0.417. The standard InChI is InChI=1S/C12H17BrN2O2/c1-8(7-14)15-12(16)9(2)17-11-6-4-3-5-10(11)13/h3-6,8-9H,7,14H2,1-2H3,(H,15,16)/t8-,9?/m0/s1. The Kier molecular flexibility index (Phi) is 5.44. The first-order chi connectivity index (χ1) is 8.04. The number of nitrogens with two attached hydrogens (primary N) is 1. The lowest BCUT2D eigenvalue weighted by atomic mass is 10.3. The molecule has 0 spiro atoms. The molecule has 0 bridgehead atoms. The zero-order valence-electron chi connectivity index (χ0n) is 9.94. The molecule has 1 unspecified atom stereocenters. The van der Waals surface area contributed by atoms with Crippen LogP contribution in [0, 0.1) is 0 Å². The van der Waals surface area contributed by atoms with Crippen LogP contribution in [0.4, 0.5) is 0 Å². The van der Waals surface area contributed by atoms with Crippen LogP contribution in [0.5, 0.6) is 5.75 Å². The largest absolute Gasteiger partial charge is 0.480 e. The minimum absolute atomic E-state index is 0.0484. The van der Waals surface area contributed by atoms with Crippen molar-refractivity contribution >= 4 is 21.8 Å². The van der Waals surface area contributed by atoms with E-state index in [1.165, 1.54) is 0 Å². The van der Waals surface area contributed by atoms with Crippen LogP contribution in [0.2, 0.25) is 0 Å². The lowest BCUT2D eigenvalue weighted by molar-refractivity contribution is -0.127. The number of hydrogen-bond donors (Lipinski definition) is 2. The molecule has 1 aromatic rings. The maximum Gasteiger partial charge on any atom is 0.261 e. The monoisotopic (exact) mass is 300 g/mol. The number of halogens is 1. The summed E-state index contributed by atoms with van der Waals surface area (Å²) in [7, 11) is 0. The third kappa shape index (κ3) is 4.36. The van der Waals surface area contributed by atoms with Gasteiger partial charge in [-0.05, 0) is 41.9 Å². The Morgan fingerprint density at radius 2 is 2.12 bits per heavy atom. The highest BCUT2D eigenvalue weighted by molar-refractivity contribution is 9.10. The first-order valence-corrected chi connectivity index (χ1v) is 6.25. The van der Waals surface area contributed by atoms with Crippen molar-refractivity contribution < 1.29 is 9.53 Å². The van der Waals surface area contributed by atoms with Gasteiger partial charge in [0.15, 0.2) is 6.10 Å². The summed E-state index contributed by atoms with van der Waals surface area (Å²) in [5.41, 5.74) is 5.43. The van der Waals surface area contributed by atoms with Crippen molar-refractivity contribution in [3.8, 4) is 5.75 Å². The van der Waals surface area contributed by atoms with Gasteiger partial charge in [0.2, 0.25) is 0 Å². The highest BCUT2D eigenvalue weighted by atomic mass is 79.9. The Morgan fingerprint density at radius 1 is 1.47 bits per heavy atom. The van der Waals surface area contributed by atoms with Crippen molar-refractivity contribution in [3.63, 3.8) is 0 Å². The van der Waals surface area contributed by atoms with Gasteiger partial charge in [-0.25, -0.2) is 0 Å². The molecule has 0 radical (unpaired) electrons. The number of carbonyl (C=O) groups is 1. The van der Waals surface area contributed by atoms with Crippen LogP contribution in [-0.2, 0) is 4.79 Å². The summed E-state index contributed by atoms with van der Waals surface area (Å²) in [6, 6.07) is 7.36. The molecule has 2 atom stereocenters. The van der Waals surface area contributed by atoms with E-state index in [0.29, 0.717) is 12.3 Å². The van der Waals surface area contributed by atoms with E-state index in [9.17, 15) is 4.79 Å². The first kappa shape index (κ1) is 14.0. The summed E-state index contributed by atoms with van der Waals surface area (Å²) in [6.45, 7) is 3.97. The summed E-state index contributed by atoms with van der Waals surface area (Å²) in [4.78, 5) is 11.7.